The third kappa shape index (κ3) is 3.30. The van der Waals surface area contributed by atoms with E-state index < -0.39 is 70.4 Å². The first-order valence-corrected chi connectivity index (χ1v) is 6.40. The highest BCUT2D eigenvalue weighted by molar-refractivity contribution is 5.41. The van der Waals surface area contributed by atoms with Crippen molar-refractivity contribution in [2.75, 3.05) is 0 Å². The van der Waals surface area contributed by atoms with E-state index in [9.17, 15) is 79.0 Å². The summed E-state index contributed by atoms with van der Waals surface area (Å²) in [5.41, 5.74) is -9.20. The molecule has 1 rings (SSSR count). The lowest BCUT2D eigenvalue weighted by Crippen LogP contribution is -2.54. The van der Waals surface area contributed by atoms with Crippen LogP contribution in [-0.2, 0) is 11.8 Å². The zero-order valence-corrected chi connectivity index (χ0v) is 12.8. The van der Waals surface area contributed by atoms with Gasteiger partial charge in [0.25, 0.3) is 0 Å². The molecular weight excluding hydrogens is 486 g/mol. The van der Waals surface area contributed by atoms with Crippen LogP contribution in [0.15, 0.2) is 0 Å². The van der Waals surface area contributed by atoms with Gasteiger partial charge in [0.15, 0.2) is 23.3 Å². The lowest BCUT2D eigenvalue weighted by atomic mass is 9.88. The van der Waals surface area contributed by atoms with E-state index in [4.69, 9.17) is 0 Å². The van der Waals surface area contributed by atoms with Gasteiger partial charge in [-0.2, -0.15) is 61.5 Å². The molecule has 0 spiro atoms. The predicted molar refractivity (Wildman–Crippen MR) is 56.1 cm³/mol. The molecule has 0 aliphatic carbocycles. The van der Waals surface area contributed by atoms with Crippen LogP contribution in [-0.4, -0.2) is 24.2 Å². The fourth-order valence-electron chi connectivity index (χ4n) is 1.89. The molecule has 0 saturated heterocycles. The Morgan fingerprint density at radius 1 is 0.333 bits per heavy atom. The van der Waals surface area contributed by atoms with Crippen LogP contribution < -0.4 is 0 Å². The molecule has 0 saturated carbocycles. The minimum Gasteiger partial charge on any atom is -0.203 e. The highest BCUT2D eigenvalue weighted by Crippen LogP contribution is 2.59. The van der Waals surface area contributed by atoms with Crippen LogP contribution in [0, 0.1) is 23.3 Å². The van der Waals surface area contributed by atoms with Crippen LogP contribution >= 0.6 is 0 Å². The Morgan fingerprint density at radius 2 is 0.533 bits per heavy atom. The first-order chi connectivity index (χ1) is 12.9. The molecule has 1 aromatic carbocycles. The smallest absolute Gasteiger partial charge is 0.203 e. The molecular formula is C12F18. The molecule has 0 radical (unpaired) electrons. The number of hydrogen-bond acceptors (Lipinski definition) is 0. The Balaban J connectivity index is 4.25. The third-order valence-corrected chi connectivity index (χ3v) is 3.40. The third-order valence-electron chi connectivity index (χ3n) is 3.40. The van der Waals surface area contributed by atoms with Crippen molar-refractivity contribution >= 4 is 0 Å². The molecule has 0 fully saturated rings. The first-order valence-electron chi connectivity index (χ1n) is 6.40. The molecule has 174 valence electrons. The molecule has 0 aliphatic heterocycles. The number of benzene rings is 1. The van der Waals surface area contributed by atoms with Crippen molar-refractivity contribution in [3.05, 3.63) is 34.4 Å². The van der Waals surface area contributed by atoms with Gasteiger partial charge in [-0.3, -0.25) is 0 Å². The highest BCUT2D eigenvalue weighted by atomic mass is 19.4. The minimum absolute atomic E-state index is 3.78. The van der Waals surface area contributed by atoms with E-state index in [0.717, 1.165) is 0 Å². The largest absolute Gasteiger partial charge is 0.460 e. The number of rotatable bonds is 4. The zero-order chi connectivity index (χ0) is 24.5. The summed E-state index contributed by atoms with van der Waals surface area (Å²) >= 11 is 0. The summed E-state index contributed by atoms with van der Waals surface area (Å²) in [7, 11) is 0. The molecule has 0 aromatic heterocycles. The van der Waals surface area contributed by atoms with Gasteiger partial charge in [0.1, 0.15) is 0 Å². The van der Waals surface area contributed by atoms with Crippen LogP contribution in [0.2, 0.25) is 0 Å². The van der Waals surface area contributed by atoms with E-state index in [1.165, 1.54) is 0 Å². The zero-order valence-electron chi connectivity index (χ0n) is 12.8. The maximum absolute atomic E-state index is 13.6. The normalized spacial score (nSPS) is 15.0. The van der Waals surface area contributed by atoms with Crippen molar-refractivity contribution < 1.29 is 79.0 Å². The van der Waals surface area contributed by atoms with Gasteiger partial charge in [-0.25, -0.2) is 17.6 Å². The van der Waals surface area contributed by atoms with Gasteiger partial charge in [-0.15, -0.1) is 0 Å². The second-order valence-electron chi connectivity index (χ2n) is 5.30. The second-order valence-corrected chi connectivity index (χ2v) is 5.30. The Bertz CT molecular complexity index is 756. The van der Waals surface area contributed by atoms with Gasteiger partial charge in [0.2, 0.25) is 0 Å². The molecule has 18 heteroatoms. The summed E-state index contributed by atoms with van der Waals surface area (Å²) in [6.45, 7) is 0. The van der Waals surface area contributed by atoms with Crippen LogP contribution in [0.4, 0.5) is 79.0 Å². The standard InChI is InChI=1S/C12F18/c13-3-1(7(17,18)9(21,22)11(25,26)27)2(4(14)6(16)5(3)15)8(19,20)10(23,24)12(28,29)30. The second kappa shape index (κ2) is 6.73. The average molecular weight is 486 g/mol. The van der Waals surface area contributed by atoms with Gasteiger partial charge in [-0.05, 0) is 0 Å². The SMILES string of the molecule is Fc1c(F)c(F)c(C(F)(F)C(F)(F)C(F)(F)F)c(C(F)(F)C(F)(F)C(F)(F)F)c1F. The van der Waals surface area contributed by atoms with Gasteiger partial charge in [0, 0.05) is 0 Å². The molecule has 0 N–H and O–H groups in total. The first kappa shape index (κ1) is 26.0. The van der Waals surface area contributed by atoms with Crippen LogP contribution in [0.1, 0.15) is 11.1 Å². The molecule has 0 amide bonds. The maximum atomic E-state index is 13.6. The summed E-state index contributed by atoms with van der Waals surface area (Å²) in [5, 5.41) is 0. The van der Waals surface area contributed by atoms with E-state index in [0.29, 0.717) is 0 Å². The maximum Gasteiger partial charge on any atom is 0.460 e. The van der Waals surface area contributed by atoms with Gasteiger partial charge in [-0.1, -0.05) is 0 Å². The average Bonchev–Trinajstić information content (AvgIpc) is 2.52. The van der Waals surface area contributed by atoms with Crippen molar-refractivity contribution in [2.24, 2.45) is 0 Å². The van der Waals surface area contributed by atoms with E-state index in [1.54, 1.807) is 0 Å². The van der Waals surface area contributed by atoms with Gasteiger partial charge in [0.05, 0.1) is 11.1 Å². The van der Waals surface area contributed by atoms with E-state index >= 15 is 0 Å². The predicted octanol–water partition coefficient (Wildman–Crippen LogP) is 6.82. The van der Waals surface area contributed by atoms with Gasteiger partial charge < -0.3 is 0 Å². The molecule has 0 nitrogen and oxygen atoms in total. The Kier molecular flexibility index (Phi) is 5.83. The topological polar surface area (TPSA) is 0 Å². The molecule has 0 atom stereocenters. The summed E-state index contributed by atoms with van der Waals surface area (Å²) < 4.78 is 233. The summed E-state index contributed by atoms with van der Waals surface area (Å²) in [6, 6.07) is 0. The van der Waals surface area contributed by atoms with E-state index in [2.05, 4.69) is 0 Å². The molecule has 1 aromatic rings. The van der Waals surface area contributed by atoms with Crippen molar-refractivity contribution in [3.63, 3.8) is 0 Å². The summed E-state index contributed by atoms with van der Waals surface area (Å²) in [4.78, 5) is 0. The van der Waals surface area contributed by atoms with Gasteiger partial charge >= 0.3 is 36.0 Å². The number of hydrogen-bond donors (Lipinski definition) is 0. The highest BCUT2D eigenvalue weighted by Gasteiger charge is 2.79. The van der Waals surface area contributed by atoms with E-state index in [1.807, 2.05) is 0 Å². The molecule has 0 heterocycles. The van der Waals surface area contributed by atoms with Crippen molar-refractivity contribution in [2.45, 2.75) is 36.0 Å². The molecule has 30 heavy (non-hydrogen) atoms. The number of alkyl halides is 14. The van der Waals surface area contributed by atoms with Crippen LogP contribution in [0.3, 0.4) is 0 Å². The minimum atomic E-state index is -7.77. The van der Waals surface area contributed by atoms with E-state index in [-0.39, 0.29) is 0 Å². The fourth-order valence-corrected chi connectivity index (χ4v) is 1.89. The number of halogens is 18. The molecule has 0 unspecified atom stereocenters. The Hall–Kier alpha value is -2.04. The Morgan fingerprint density at radius 3 is 0.700 bits per heavy atom. The lowest BCUT2D eigenvalue weighted by molar-refractivity contribution is -0.368. The molecule has 0 aliphatic rings. The lowest BCUT2D eigenvalue weighted by Gasteiger charge is -2.34. The summed E-state index contributed by atoms with van der Waals surface area (Å²) in [5.74, 6) is -46.8. The Labute approximate surface area is 151 Å². The molecule has 0 bridgehead atoms. The van der Waals surface area contributed by atoms with Crippen molar-refractivity contribution in [3.8, 4) is 0 Å². The monoisotopic (exact) mass is 486 g/mol. The van der Waals surface area contributed by atoms with Crippen molar-refractivity contribution in [1.82, 2.24) is 0 Å². The van der Waals surface area contributed by atoms with Crippen molar-refractivity contribution in [1.29, 1.82) is 0 Å². The summed E-state index contributed by atoms with van der Waals surface area (Å²) in [6.07, 6.45) is -15.1. The van der Waals surface area contributed by atoms with Crippen LogP contribution in [0.5, 0.6) is 0 Å². The fraction of sp³-hybridized carbons (Fsp3) is 0.500. The quantitative estimate of drug-likeness (QED) is 0.249. The van der Waals surface area contributed by atoms with Crippen LogP contribution in [0.25, 0.3) is 0 Å².